The average molecular weight is 490 g/mol. The number of piperazine rings is 1. The molecule has 0 unspecified atom stereocenters. The quantitative estimate of drug-likeness (QED) is 0.600. The van der Waals surface area contributed by atoms with Gasteiger partial charge in [-0.2, -0.15) is 26.3 Å². The number of nitrogens with zero attached hydrogens (tertiary/aromatic N) is 3. The first-order chi connectivity index (χ1) is 14.9. The van der Waals surface area contributed by atoms with Gasteiger partial charge in [-0.05, 0) is 17.7 Å². The second-order valence-corrected chi connectivity index (χ2v) is 7.92. The first kappa shape index (κ1) is 24.7. The molecule has 32 heavy (non-hydrogen) atoms. The van der Waals surface area contributed by atoms with E-state index >= 15 is 0 Å². The number of anilines is 1. The summed E-state index contributed by atoms with van der Waals surface area (Å²) < 4.78 is 84.9. The van der Waals surface area contributed by atoms with E-state index in [0.717, 1.165) is 16.2 Å². The summed E-state index contributed by atoms with van der Waals surface area (Å²) in [4.78, 5) is 16.9. The summed E-state index contributed by atoms with van der Waals surface area (Å²) in [6.07, 6.45) is -17.3. The maximum atomic E-state index is 12.6. The third-order valence-corrected chi connectivity index (χ3v) is 5.47. The summed E-state index contributed by atoms with van der Waals surface area (Å²) in [6, 6.07) is 5.48. The topological polar surface area (TPSA) is 45.2 Å². The summed E-state index contributed by atoms with van der Waals surface area (Å²) in [5.41, 5.74) is 1.92. The van der Waals surface area contributed by atoms with E-state index in [2.05, 4.69) is 9.64 Å². The Morgan fingerprint density at radius 2 is 1.59 bits per heavy atom. The Morgan fingerprint density at radius 3 is 2.16 bits per heavy atom. The number of alkyl halides is 6. The summed E-state index contributed by atoms with van der Waals surface area (Å²) in [6.45, 7) is 3.49. The Labute approximate surface area is 185 Å². The van der Waals surface area contributed by atoms with E-state index in [-0.39, 0.29) is 26.2 Å². The average Bonchev–Trinajstić information content (AvgIpc) is 2.72. The van der Waals surface area contributed by atoms with Crippen molar-refractivity contribution in [2.75, 3.05) is 57.4 Å². The van der Waals surface area contributed by atoms with Gasteiger partial charge in [0.2, 0.25) is 0 Å². The van der Waals surface area contributed by atoms with Crippen LogP contribution in [-0.4, -0.2) is 86.8 Å². The van der Waals surface area contributed by atoms with Crippen LogP contribution < -0.4 is 4.90 Å². The van der Waals surface area contributed by atoms with Crippen molar-refractivity contribution >= 4 is 23.4 Å². The minimum Gasteiger partial charge on any atom is -0.426 e. The largest absolute Gasteiger partial charge is 0.434 e. The molecule has 2 fully saturated rings. The van der Waals surface area contributed by atoms with Gasteiger partial charge in [-0.15, -0.1) is 0 Å². The predicted octanol–water partition coefficient (Wildman–Crippen LogP) is 3.92. The first-order valence-corrected chi connectivity index (χ1v) is 10.3. The Bertz CT molecular complexity index is 779. The Kier molecular flexibility index (Phi) is 7.66. The number of carbonyl (C=O) groups excluding carboxylic acids is 1. The predicted molar refractivity (Wildman–Crippen MR) is 104 cm³/mol. The standard InChI is InChI=1S/C19H22ClF6N3O3/c20-14-2-1-13(15(11-14)28-7-9-31-10-8-28)12-27-3-5-29(6-4-27)17(30)32-16(18(21,22)23)19(24,25)26/h1-2,11,16H,3-10,12H2. The van der Waals surface area contributed by atoms with Gasteiger partial charge in [0, 0.05) is 56.5 Å². The number of morpholine rings is 1. The zero-order valence-electron chi connectivity index (χ0n) is 16.9. The van der Waals surface area contributed by atoms with Crippen LogP contribution in [0.2, 0.25) is 5.02 Å². The molecule has 0 saturated carbocycles. The molecule has 0 spiro atoms. The van der Waals surface area contributed by atoms with Gasteiger partial charge in [-0.1, -0.05) is 17.7 Å². The van der Waals surface area contributed by atoms with Crippen molar-refractivity contribution in [3.05, 3.63) is 28.8 Å². The zero-order chi connectivity index (χ0) is 23.5. The fourth-order valence-electron chi connectivity index (χ4n) is 3.59. The van der Waals surface area contributed by atoms with Crippen LogP contribution in [0.4, 0.5) is 36.8 Å². The molecule has 2 aliphatic rings. The number of rotatable bonds is 4. The highest BCUT2D eigenvalue weighted by Gasteiger charge is 2.60. The molecule has 13 heteroatoms. The van der Waals surface area contributed by atoms with Gasteiger partial charge in [0.15, 0.2) is 0 Å². The van der Waals surface area contributed by atoms with E-state index in [0.29, 0.717) is 37.9 Å². The highest BCUT2D eigenvalue weighted by atomic mass is 35.5. The van der Waals surface area contributed by atoms with E-state index in [1.807, 2.05) is 17.0 Å². The van der Waals surface area contributed by atoms with Crippen LogP contribution in [0.5, 0.6) is 0 Å². The maximum Gasteiger partial charge on any atom is 0.434 e. The van der Waals surface area contributed by atoms with Crippen molar-refractivity contribution in [2.45, 2.75) is 25.0 Å². The molecule has 0 radical (unpaired) electrons. The normalized spacial score (nSPS) is 18.9. The molecule has 2 heterocycles. The number of carbonyl (C=O) groups is 1. The van der Waals surface area contributed by atoms with Crippen molar-refractivity contribution in [3.63, 3.8) is 0 Å². The molecule has 2 aliphatic heterocycles. The summed E-state index contributed by atoms with van der Waals surface area (Å²) in [5, 5.41) is 0.576. The van der Waals surface area contributed by atoms with Crippen LogP contribution in [0.15, 0.2) is 18.2 Å². The van der Waals surface area contributed by atoms with Gasteiger partial charge in [-0.3, -0.25) is 4.90 Å². The van der Waals surface area contributed by atoms with E-state index in [9.17, 15) is 31.1 Å². The van der Waals surface area contributed by atoms with E-state index in [4.69, 9.17) is 16.3 Å². The summed E-state index contributed by atoms with van der Waals surface area (Å²) >= 11 is 6.15. The molecule has 1 amide bonds. The third-order valence-electron chi connectivity index (χ3n) is 5.24. The number of amides is 1. The van der Waals surface area contributed by atoms with Crippen molar-refractivity contribution in [1.82, 2.24) is 9.80 Å². The van der Waals surface area contributed by atoms with E-state index < -0.39 is 24.5 Å². The van der Waals surface area contributed by atoms with Crippen molar-refractivity contribution in [2.24, 2.45) is 0 Å². The molecule has 6 nitrogen and oxygen atoms in total. The lowest BCUT2D eigenvalue weighted by Crippen LogP contribution is -2.52. The molecule has 0 aromatic heterocycles. The molecule has 1 aromatic carbocycles. The maximum absolute atomic E-state index is 12.6. The molecular formula is C19H22ClF6N3O3. The lowest BCUT2D eigenvalue weighted by atomic mass is 10.1. The van der Waals surface area contributed by atoms with E-state index in [1.165, 1.54) is 0 Å². The SMILES string of the molecule is O=C(OC(C(F)(F)F)C(F)(F)F)N1CCN(Cc2ccc(Cl)cc2N2CCOCC2)CC1. The fraction of sp³-hybridized carbons (Fsp3) is 0.632. The lowest BCUT2D eigenvalue weighted by molar-refractivity contribution is -0.308. The van der Waals surface area contributed by atoms with Crippen LogP contribution in [0.3, 0.4) is 0 Å². The molecular weight excluding hydrogens is 468 g/mol. The number of hydrogen-bond acceptors (Lipinski definition) is 5. The second-order valence-electron chi connectivity index (χ2n) is 7.48. The molecule has 0 atom stereocenters. The summed E-state index contributed by atoms with van der Waals surface area (Å²) in [7, 11) is 0. The molecule has 180 valence electrons. The van der Waals surface area contributed by atoms with Crippen molar-refractivity contribution < 1.29 is 40.6 Å². The van der Waals surface area contributed by atoms with Gasteiger partial charge >= 0.3 is 18.4 Å². The first-order valence-electron chi connectivity index (χ1n) is 9.87. The number of ether oxygens (including phenoxy) is 2. The molecule has 1 aromatic rings. The third kappa shape index (κ3) is 6.32. The highest BCUT2D eigenvalue weighted by molar-refractivity contribution is 6.30. The van der Waals surface area contributed by atoms with Crippen molar-refractivity contribution in [3.8, 4) is 0 Å². The molecule has 0 bridgehead atoms. The monoisotopic (exact) mass is 489 g/mol. The smallest absolute Gasteiger partial charge is 0.426 e. The van der Waals surface area contributed by atoms with Crippen LogP contribution in [0.25, 0.3) is 0 Å². The minimum atomic E-state index is -5.74. The van der Waals surface area contributed by atoms with E-state index in [1.54, 1.807) is 6.07 Å². The summed E-state index contributed by atoms with van der Waals surface area (Å²) in [5.74, 6) is 0. The van der Waals surface area contributed by atoms with Crippen LogP contribution in [-0.2, 0) is 16.0 Å². The number of hydrogen-bond donors (Lipinski definition) is 0. The van der Waals surface area contributed by atoms with Gasteiger partial charge < -0.3 is 19.3 Å². The Morgan fingerprint density at radius 1 is 1.00 bits per heavy atom. The number of halogens is 7. The molecule has 0 aliphatic carbocycles. The van der Waals surface area contributed by atoms with Gasteiger partial charge in [-0.25, -0.2) is 4.79 Å². The van der Waals surface area contributed by atoms with Gasteiger partial charge in [0.05, 0.1) is 13.2 Å². The highest BCUT2D eigenvalue weighted by Crippen LogP contribution is 2.36. The zero-order valence-corrected chi connectivity index (χ0v) is 17.6. The second kappa shape index (κ2) is 9.92. The molecule has 2 saturated heterocycles. The van der Waals surface area contributed by atoms with Gasteiger partial charge in [0.1, 0.15) is 0 Å². The number of benzene rings is 1. The lowest BCUT2D eigenvalue weighted by Gasteiger charge is -2.36. The van der Waals surface area contributed by atoms with Crippen LogP contribution >= 0.6 is 11.6 Å². The van der Waals surface area contributed by atoms with Crippen molar-refractivity contribution in [1.29, 1.82) is 0 Å². The van der Waals surface area contributed by atoms with Gasteiger partial charge in [0.25, 0.3) is 6.10 Å². The van der Waals surface area contributed by atoms with Crippen LogP contribution in [0, 0.1) is 0 Å². The fourth-order valence-corrected chi connectivity index (χ4v) is 3.76. The molecule has 0 N–H and O–H groups in total. The Balaban J connectivity index is 1.59. The molecule has 3 rings (SSSR count). The Hall–Kier alpha value is -1.92. The van der Waals surface area contributed by atoms with Crippen LogP contribution in [0.1, 0.15) is 5.56 Å². The minimum absolute atomic E-state index is 0.0538.